The van der Waals surface area contributed by atoms with Crippen molar-refractivity contribution < 1.29 is 27.6 Å². The first-order valence-corrected chi connectivity index (χ1v) is 13.6. The molecule has 1 unspecified atom stereocenters. The van der Waals surface area contributed by atoms with E-state index in [1.54, 1.807) is 9.80 Å². The second kappa shape index (κ2) is 10.7. The lowest BCUT2D eigenvalue weighted by Gasteiger charge is -2.33. The molecule has 37 heavy (non-hydrogen) atoms. The highest BCUT2D eigenvalue weighted by Gasteiger charge is 2.38. The molecule has 196 valence electrons. The summed E-state index contributed by atoms with van der Waals surface area (Å²) in [5.74, 6) is -1.70. The van der Waals surface area contributed by atoms with E-state index in [0.717, 1.165) is 18.2 Å². The van der Waals surface area contributed by atoms with Crippen molar-refractivity contribution in [2.75, 3.05) is 29.9 Å². The standard InChI is InChI=1S/C26H30N4O6S/c1-17-3-7-22(8-4-17)30-16-20(15-24(30)32)26(34)29-13-11-19(12-14-29)25(33)27-21-5-9-23(10-6-21)37(35,36)28-18(2)31/h3-10,19-20H,11-16H2,1-2H3,(H,27,33)(H,28,31). The highest BCUT2D eigenvalue weighted by Crippen LogP contribution is 2.28. The number of sulfonamides is 1. The van der Waals surface area contributed by atoms with Crippen molar-refractivity contribution in [2.24, 2.45) is 11.8 Å². The van der Waals surface area contributed by atoms with Crippen molar-refractivity contribution >= 4 is 45.0 Å². The summed E-state index contributed by atoms with van der Waals surface area (Å²) in [6.45, 7) is 4.30. The lowest BCUT2D eigenvalue weighted by Crippen LogP contribution is -2.44. The van der Waals surface area contributed by atoms with E-state index in [1.165, 1.54) is 24.3 Å². The molecule has 2 aromatic rings. The molecule has 0 aromatic heterocycles. The van der Waals surface area contributed by atoms with Crippen LogP contribution in [0.4, 0.5) is 11.4 Å². The van der Waals surface area contributed by atoms with Gasteiger partial charge in [0.25, 0.3) is 10.0 Å². The number of anilines is 2. The number of piperidine rings is 1. The average molecular weight is 527 g/mol. The molecule has 4 rings (SSSR count). The van der Waals surface area contributed by atoms with Crippen LogP contribution in [0.3, 0.4) is 0 Å². The summed E-state index contributed by atoms with van der Waals surface area (Å²) in [7, 11) is -3.95. The zero-order chi connectivity index (χ0) is 26.7. The Bertz CT molecular complexity index is 1300. The van der Waals surface area contributed by atoms with E-state index in [4.69, 9.17) is 0 Å². The molecule has 2 fully saturated rings. The van der Waals surface area contributed by atoms with Gasteiger partial charge < -0.3 is 15.1 Å². The molecule has 2 saturated heterocycles. The van der Waals surface area contributed by atoms with Crippen molar-refractivity contribution in [2.45, 2.75) is 38.0 Å². The first-order chi connectivity index (χ1) is 17.5. The van der Waals surface area contributed by atoms with E-state index in [-0.39, 0.29) is 35.0 Å². The van der Waals surface area contributed by atoms with E-state index < -0.39 is 21.8 Å². The smallest absolute Gasteiger partial charge is 0.264 e. The van der Waals surface area contributed by atoms with Gasteiger partial charge in [-0.15, -0.1) is 0 Å². The van der Waals surface area contributed by atoms with Gasteiger partial charge in [-0.05, 0) is 56.2 Å². The quantitative estimate of drug-likeness (QED) is 0.592. The van der Waals surface area contributed by atoms with Crippen LogP contribution in [0.15, 0.2) is 53.4 Å². The van der Waals surface area contributed by atoms with Crippen LogP contribution in [0.1, 0.15) is 31.7 Å². The molecule has 4 amide bonds. The molecule has 10 nitrogen and oxygen atoms in total. The molecule has 0 radical (unpaired) electrons. The van der Waals surface area contributed by atoms with Gasteiger partial charge in [-0.2, -0.15) is 0 Å². The Morgan fingerprint density at radius 1 is 0.919 bits per heavy atom. The highest BCUT2D eigenvalue weighted by atomic mass is 32.2. The van der Waals surface area contributed by atoms with Gasteiger partial charge in [-0.3, -0.25) is 19.2 Å². The second-order valence-electron chi connectivity index (χ2n) is 9.52. The number of carbonyl (C=O) groups is 4. The first-order valence-electron chi connectivity index (χ1n) is 12.1. The maximum absolute atomic E-state index is 13.1. The van der Waals surface area contributed by atoms with Crippen molar-refractivity contribution in [3.63, 3.8) is 0 Å². The number of nitrogens with zero attached hydrogens (tertiary/aromatic N) is 2. The van der Waals surface area contributed by atoms with E-state index in [0.29, 0.717) is 38.2 Å². The van der Waals surface area contributed by atoms with Gasteiger partial charge in [0.2, 0.25) is 23.6 Å². The lowest BCUT2D eigenvalue weighted by atomic mass is 9.94. The molecule has 2 aromatic carbocycles. The number of aryl methyl sites for hydroxylation is 1. The summed E-state index contributed by atoms with van der Waals surface area (Å²) in [5.41, 5.74) is 2.33. The third-order valence-corrected chi connectivity index (χ3v) is 8.16. The Hall–Kier alpha value is -3.73. The molecule has 11 heteroatoms. The number of hydrogen-bond donors (Lipinski definition) is 2. The van der Waals surface area contributed by atoms with E-state index >= 15 is 0 Å². The Morgan fingerprint density at radius 3 is 2.14 bits per heavy atom. The monoisotopic (exact) mass is 526 g/mol. The Balaban J connectivity index is 1.28. The molecule has 2 heterocycles. The molecule has 0 aliphatic carbocycles. The fraction of sp³-hybridized carbons (Fsp3) is 0.385. The van der Waals surface area contributed by atoms with Crippen LogP contribution in [-0.2, 0) is 29.2 Å². The van der Waals surface area contributed by atoms with Gasteiger partial charge in [0.1, 0.15) is 0 Å². The summed E-state index contributed by atoms with van der Waals surface area (Å²) in [6, 6.07) is 13.2. The van der Waals surface area contributed by atoms with Gasteiger partial charge in [-0.1, -0.05) is 17.7 Å². The van der Waals surface area contributed by atoms with Crippen LogP contribution in [0.5, 0.6) is 0 Å². The van der Waals surface area contributed by atoms with E-state index in [2.05, 4.69) is 5.32 Å². The highest BCUT2D eigenvalue weighted by molar-refractivity contribution is 7.90. The fourth-order valence-corrected chi connectivity index (χ4v) is 5.67. The summed E-state index contributed by atoms with van der Waals surface area (Å²) in [6.07, 6.45) is 1.17. The predicted octanol–water partition coefficient (Wildman–Crippen LogP) is 2.05. The van der Waals surface area contributed by atoms with Crippen molar-refractivity contribution in [1.82, 2.24) is 9.62 Å². The number of carbonyl (C=O) groups excluding carboxylic acids is 4. The average Bonchev–Trinajstić information content (AvgIpc) is 3.25. The molecular formula is C26H30N4O6S. The zero-order valence-electron chi connectivity index (χ0n) is 20.8. The summed E-state index contributed by atoms with van der Waals surface area (Å²) < 4.78 is 26.0. The topological polar surface area (TPSA) is 133 Å². The normalized spacial score (nSPS) is 18.5. The molecule has 0 spiro atoms. The number of likely N-dealkylation sites (tertiary alicyclic amines) is 1. The minimum Gasteiger partial charge on any atom is -0.342 e. The molecule has 0 saturated carbocycles. The molecule has 1 atom stereocenters. The van der Waals surface area contributed by atoms with Crippen LogP contribution >= 0.6 is 0 Å². The van der Waals surface area contributed by atoms with Crippen molar-refractivity contribution in [3.8, 4) is 0 Å². The molecule has 2 N–H and O–H groups in total. The maximum atomic E-state index is 13.1. The van der Waals surface area contributed by atoms with E-state index in [1.807, 2.05) is 35.9 Å². The van der Waals surface area contributed by atoms with Gasteiger partial charge in [0.15, 0.2) is 0 Å². The number of hydrogen-bond acceptors (Lipinski definition) is 6. The van der Waals surface area contributed by atoms with Gasteiger partial charge in [0.05, 0.1) is 10.8 Å². The van der Waals surface area contributed by atoms with Gasteiger partial charge in [-0.25, -0.2) is 13.1 Å². The minimum atomic E-state index is -3.95. The Labute approximate surface area is 216 Å². The van der Waals surface area contributed by atoms with E-state index in [9.17, 15) is 27.6 Å². The van der Waals surface area contributed by atoms with Crippen LogP contribution in [0.25, 0.3) is 0 Å². The van der Waals surface area contributed by atoms with Gasteiger partial charge in [0, 0.05) is 50.3 Å². The van der Waals surface area contributed by atoms with Gasteiger partial charge >= 0.3 is 0 Å². The largest absolute Gasteiger partial charge is 0.342 e. The van der Waals surface area contributed by atoms with Crippen molar-refractivity contribution in [3.05, 3.63) is 54.1 Å². The van der Waals surface area contributed by atoms with Crippen LogP contribution in [0.2, 0.25) is 0 Å². The number of amides is 4. The fourth-order valence-electron chi connectivity index (χ4n) is 4.68. The maximum Gasteiger partial charge on any atom is 0.264 e. The Morgan fingerprint density at radius 2 is 1.54 bits per heavy atom. The second-order valence-corrected chi connectivity index (χ2v) is 11.2. The number of rotatable bonds is 6. The minimum absolute atomic E-state index is 0.0576. The lowest BCUT2D eigenvalue weighted by molar-refractivity contribution is -0.138. The first kappa shape index (κ1) is 26.3. The Kier molecular flexibility index (Phi) is 7.63. The molecule has 0 bridgehead atoms. The molecular weight excluding hydrogens is 496 g/mol. The molecule has 2 aliphatic rings. The SMILES string of the molecule is CC(=O)NS(=O)(=O)c1ccc(NC(=O)C2CCN(C(=O)C3CC(=O)N(c4ccc(C)cc4)C3)CC2)cc1. The number of benzene rings is 2. The van der Waals surface area contributed by atoms with Crippen LogP contribution in [0, 0.1) is 18.8 Å². The third kappa shape index (κ3) is 6.16. The molecule has 2 aliphatic heterocycles. The number of nitrogens with one attached hydrogen (secondary N) is 2. The summed E-state index contributed by atoms with van der Waals surface area (Å²) in [4.78, 5) is 52.8. The third-order valence-electron chi connectivity index (χ3n) is 6.71. The predicted molar refractivity (Wildman–Crippen MR) is 137 cm³/mol. The van der Waals surface area contributed by atoms with Crippen LogP contribution < -0.4 is 14.9 Å². The summed E-state index contributed by atoms with van der Waals surface area (Å²) >= 11 is 0. The van der Waals surface area contributed by atoms with Crippen LogP contribution in [-0.4, -0.2) is 56.6 Å². The summed E-state index contributed by atoms with van der Waals surface area (Å²) in [5, 5.41) is 2.79. The zero-order valence-corrected chi connectivity index (χ0v) is 21.6. The van der Waals surface area contributed by atoms with Crippen molar-refractivity contribution in [1.29, 1.82) is 0 Å².